The standard InChI is InChI=1S/C14H14BrN3O2S2/c1-16-14(21)17-11-6-8-13(9-7-11)22(19,20)18-12-4-2-10(15)3-5-12/h2-9,18H,1H3,(H2,16,17,21). The molecule has 5 nitrogen and oxygen atoms in total. The zero-order chi connectivity index (χ0) is 16.2. The van der Waals surface area contributed by atoms with Crippen LogP contribution < -0.4 is 15.4 Å². The first kappa shape index (κ1) is 16.7. The first-order valence-electron chi connectivity index (χ1n) is 6.28. The molecule has 22 heavy (non-hydrogen) atoms. The Morgan fingerprint density at radius 2 is 1.55 bits per heavy atom. The van der Waals surface area contributed by atoms with Gasteiger partial charge in [0.2, 0.25) is 0 Å². The van der Waals surface area contributed by atoms with Crippen LogP contribution in [0, 0.1) is 0 Å². The maximum Gasteiger partial charge on any atom is 0.261 e. The van der Waals surface area contributed by atoms with Crippen LogP contribution >= 0.6 is 28.1 Å². The highest BCUT2D eigenvalue weighted by molar-refractivity contribution is 9.10. The fourth-order valence-electron chi connectivity index (χ4n) is 1.64. The van der Waals surface area contributed by atoms with Crippen molar-refractivity contribution in [1.82, 2.24) is 5.32 Å². The molecule has 0 heterocycles. The summed E-state index contributed by atoms with van der Waals surface area (Å²) in [6, 6.07) is 13.2. The normalized spacial score (nSPS) is 10.8. The highest BCUT2D eigenvalue weighted by Gasteiger charge is 2.14. The molecule has 3 N–H and O–H groups in total. The van der Waals surface area contributed by atoms with E-state index in [2.05, 4.69) is 31.3 Å². The molecule has 2 aromatic rings. The third-order valence-corrected chi connectivity index (χ3v) is 4.98. The molecule has 0 bridgehead atoms. The number of nitrogens with one attached hydrogen (secondary N) is 3. The van der Waals surface area contributed by atoms with Gasteiger partial charge in [0, 0.05) is 22.9 Å². The van der Waals surface area contributed by atoms with Gasteiger partial charge in [0.25, 0.3) is 10.0 Å². The number of hydrogen-bond acceptors (Lipinski definition) is 3. The second-order valence-corrected chi connectivity index (χ2v) is 7.35. The summed E-state index contributed by atoms with van der Waals surface area (Å²) in [6.07, 6.45) is 0. The predicted molar refractivity (Wildman–Crippen MR) is 96.7 cm³/mol. The van der Waals surface area contributed by atoms with Gasteiger partial charge >= 0.3 is 0 Å². The maximum absolute atomic E-state index is 12.3. The second kappa shape index (κ2) is 7.08. The lowest BCUT2D eigenvalue weighted by molar-refractivity contribution is 0.601. The van der Waals surface area contributed by atoms with E-state index in [1.54, 1.807) is 43.4 Å². The van der Waals surface area contributed by atoms with Gasteiger partial charge in [0.05, 0.1) is 4.90 Å². The molecular formula is C14H14BrN3O2S2. The molecule has 2 aromatic carbocycles. The van der Waals surface area contributed by atoms with Crippen molar-refractivity contribution in [2.24, 2.45) is 0 Å². The smallest absolute Gasteiger partial charge is 0.261 e. The summed E-state index contributed by atoms with van der Waals surface area (Å²) in [7, 11) is -1.91. The minimum absolute atomic E-state index is 0.177. The Kier molecular flexibility index (Phi) is 5.38. The molecule has 8 heteroatoms. The van der Waals surface area contributed by atoms with Crippen molar-refractivity contribution < 1.29 is 8.42 Å². The van der Waals surface area contributed by atoms with Gasteiger partial charge in [-0.1, -0.05) is 15.9 Å². The Morgan fingerprint density at radius 1 is 1.00 bits per heavy atom. The minimum Gasteiger partial charge on any atom is -0.366 e. The third kappa shape index (κ3) is 4.43. The lowest BCUT2D eigenvalue weighted by Crippen LogP contribution is -2.24. The van der Waals surface area contributed by atoms with Gasteiger partial charge in [-0.3, -0.25) is 4.72 Å². The molecule has 0 amide bonds. The van der Waals surface area contributed by atoms with Gasteiger partial charge in [0.1, 0.15) is 0 Å². The zero-order valence-corrected chi connectivity index (χ0v) is 14.8. The highest BCUT2D eigenvalue weighted by atomic mass is 79.9. The molecule has 0 spiro atoms. The zero-order valence-electron chi connectivity index (χ0n) is 11.6. The van der Waals surface area contributed by atoms with Crippen LogP contribution in [-0.4, -0.2) is 20.6 Å². The van der Waals surface area contributed by atoms with Crippen molar-refractivity contribution in [3.05, 3.63) is 53.0 Å². The van der Waals surface area contributed by atoms with Crippen molar-refractivity contribution in [1.29, 1.82) is 0 Å². The average molecular weight is 400 g/mol. The molecule has 0 radical (unpaired) electrons. The number of anilines is 2. The maximum atomic E-state index is 12.3. The van der Waals surface area contributed by atoms with Crippen LogP contribution in [-0.2, 0) is 10.0 Å². The van der Waals surface area contributed by atoms with E-state index >= 15 is 0 Å². The van der Waals surface area contributed by atoms with Crippen LogP contribution in [0.3, 0.4) is 0 Å². The average Bonchev–Trinajstić information content (AvgIpc) is 2.50. The lowest BCUT2D eigenvalue weighted by atomic mass is 10.3. The van der Waals surface area contributed by atoms with Gasteiger partial charge in [-0.15, -0.1) is 0 Å². The van der Waals surface area contributed by atoms with Crippen molar-refractivity contribution >= 4 is 54.7 Å². The van der Waals surface area contributed by atoms with Crippen molar-refractivity contribution in [3.8, 4) is 0 Å². The monoisotopic (exact) mass is 399 g/mol. The van der Waals surface area contributed by atoms with Gasteiger partial charge < -0.3 is 10.6 Å². The van der Waals surface area contributed by atoms with E-state index < -0.39 is 10.0 Å². The van der Waals surface area contributed by atoms with E-state index in [4.69, 9.17) is 12.2 Å². The topological polar surface area (TPSA) is 70.2 Å². The molecule has 2 rings (SSSR count). The summed E-state index contributed by atoms with van der Waals surface area (Å²) in [6.45, 7) is 0. The van der Waals surface area contributed by atoms with Crippen LogP contribution in [0.4, 0.5) is 11.4 Å². The molecule has 0 unspecified atom stereocenters. The fraction of sp³-hybridized carbons (Fsp3) is 0.0714. The molecular weight excluding hydrogens is 386 g/mol. The largest absolute Gasteiger partial charge is 0.366 e. The van der Waals surface area contributed by atoms with Gasteiger partial charge in [-0.05, 0) is 60.7 Å². The third-order valence-electron chi connectivity index (χ3n) is 2.75. The van der Waals surface area contributed by atoms with Crippen molar-refractivity contribution in [2.75, 3.05) is 17.1 Å². The number of thiocarbonyl (C=S) groups is 1. The predicted octanol–water partition coefficient (Wildman–Crippen LogP) is 3.17. The van der Waals surface area contributed by atoms with E-state index in [1.807, 2.05) is 0 Å². The van der Waals surface area contributed by atoms with Crippen LogP contribution in [0.15, 0.2) is 57.9 Å². The molecule has 0 aliphatic rings. The Labute approximate surface area is 143 Å². The van der Waals surface area contributed by atoms with Gasteiger partial charge in [-0.25, -0.2) is 8.42 Å². The van der Waals surface area contributed by atoms with E-state index in [1.165, 1.54) is 12.1 Å². The van der Waals surface area contributed by atoms with Gasteiger partial charge in [0.15, 0.2) is 5.11 Å². The Morgan fingerprint density at radius 3 is 2.09 bits per heavy atom. The number of sulfonamides is 1. The van der Waals surface area contributed by atoms with E-state index in [0.29, 0.717) is 16.5 Å². The highest BCUT2D eigenvalue weighted by Crippen LogP contribution is 2.20. The Bertz CT molecular complexity index is 760. The van der Waals surface area contributed by atoms with E-state index in [0.717, 1.165) is 4.47 Å². The summed E-state index contributed by atoms with van der Waals surface area (Å²) in [5.74, 6) is 0. The molecule has 0 aliphatic heterocycles. The number of rotatable bonds is 4. The molecule has 0 saturated heterocycles. The number of halogens is 1. The molecule has 0 aliphatic carbocycles. The summed E-state index contributed by atoms with van der Waals surface area (Å²) < 4.78 is 28.0. The molecule has 0 aromatic heterocycles. The van der Waals surface area contributed by atoms with E-state index in [9.17, 15) is 8.42 Å². The first-order chi connectivity index (χ1) is 10.4. The minimum atomic E-state index is -3.62. The van der Waals surface area contributed by atoms with Crippen molar-refractivity contribution in [3.63, 3.8) is 0 Å². The number of benzene rings is 2. The first-order valence-corrected chi connectivity index (χ1v) is 8.96. The quantitative estimate of drug-likeness (QED) is 0.688. The van der Waals surface area contributed by atoms with Crippen LogP contribution in [0.2, 0.25) is 0 Å². The Hall–Kier alpha value is -1.64. The summed E-state index contributed by atoms with van der Waals surface area (Å²) in [4.78, 5) is 0.177. The molecule has 0 fully saturated rings. The number of hydrogen-bond donors (Lipinski definition) is 3. The molecule has 0 saturated carbocycles. The van der Waals surface area contributed by atoms with E-state index in [-0.39, 0.29) is 4.90 Å². The second-order valence-electron chi connectivity index (χ2n) is 4.34. The van der Waals surface area contributed by atoms with Gasteiger partial charge in [-0.2, -0.15) is 0 Å². The SMILES string of the molecule is CNC(=S)Nc1ccc(S(=O)(=O)Nc2ccc(Br)cc2)cc1. The summed E-state index contributed by atoms with van der Waals surface area (Å²) in [5.41, 5.74) is 1.21. The fourth-order valence-corrected chi connectivity index (χ4v) is 3.08. The lowest BCUT2D eigenvalue weighted by Gasteiger charge is -2.10. The van der Waals surface area contributed by atoms with Crippen molar-refractivity contribution in [2.45, 2.75) is 4.90 Å². The molecule has 116 valence electrons. The van der Waals surface area contributed by atoms with Crippen LogP contribution in [0.1, 0.15) is 0 Å². The summed E-state index contributed by atoms with van der Waals surface area (Å²) >= 11 is 8.29. The molecule has 0 atom stereocenters. The van der Waals surface area contributed by atoms with Crippen LogP contribution in [0.5, 0.6) is 0 Å². The van der Waals surface area contributed by atoms with Crippen LogP contribution in [0.25, 0.3) is 0 Å². The Balaban J connectivity index is 2.15. The summed E-state index contributed by atoms with van der Waals surface area (Å²) in [5, 5.41) is 6.17.